The topological polar surface area (TPSA) is 64.0 Å². The summed E-state index contributed by atoms with van der Waals surface area (Å²) in [6.45, 7) is 6.85. The van der Waals surface area contributed by atoms with E-state index in [4.69, 9.17) is 0 Å². The highest BCUT2D eigenvalue weighted by Gasteiger charge is 2.25. The Bertz CT molecular complexity index is 788. The lowest BCUT2D eigenvalue weighted by Crippen LogP contribution is -2.25. The van der Waals surface area contributed by atoms with Crippen LogP contribution in [0.15, 0.2) is 24.3 Å². The molecule has 1 amide bonds. The molecular formula is C20H25N3O2. The van der Waals surface area contributed by atoms with E-state index in [1.54, 1.807) is 0 Å². The van der Waals surface area contributed by atoms with Gasteiger partial charge in [-0.3, -0.25) is 9.59 Å². The van der Waals surface area contributed by atoms with Crippen LogP contribution in [0.5, 0.6) is 0 Å². The molecule has 0 unspecified atom stereocenters. The summed E-state index contributed by atoms with van der Waals surface area (Å²) in [6, 6.07) is 7.41. The standard InChI is InChI=1S/C20H25N3O2/c1-13(2)11-12-21-20(25)15-7-9-16(10-8-15)23-17-5-4-6-18(24)19(17)14(3)22-23/h7-10,13H,4-6,11-12H2,1-3H3,(H,21,25). The summed E-state index contributed by atoms with van der Waals surface area (Å²) in [6.07, 6.45) is 3.30. The molecule has 1 heterocycles. The maximum Gasteiger partial charge on any atom is 0.251 e. The molecule has 1 aliphatic rings. The highest BCUT2D eigenvalue weighted by atomic mass is 16.1. The van der Waals surface area contributed by atoms with Crippen LogP contribution in [-0.2, 0) is 6.42 Å². The van der Waals surface area contributed by atoms with Gasteiger partial charge in [0, 0.05) is 18.5 Å². The highest BCUT2D eigenvalue weighted by Crippen LogP contribution is 2.26. The minimum Gasteiger partial charge on any atom is -0.352 e. The number of amides is 1. The Morgan fingerprint density at radius 2 is 1.96 bits per heavy atom. The van der Waals surface area contributed by atoms with Crippen LogP contribution in [0.2, 0.25) is 0 Å². The summed E-state index contributed by atoms with van der Waals surface area (Å²) in [5.41, 5.74) is 4.08. The summed E-state index contributed by atoms with van der Waals surface area (Å²) in [5, 5.41) is 7.50. The molecule has 0 atom stereocenters. The van der Waals surface area contributed by atoms with Gasteiger partial charge in [-0.1, -0.05) is 13.8 Å². The summed E-state index contributed by atoms with van der Waals surface area (Å²) < 4.78 is 1.85. The number of carbonyl (C=O) groups excluding carboxylic acids is 2. The Kier molecular flexibility index (Phi) is 5.02. The van der Waals surface area contributed by atoms with Crippen molar-refractivity contribution in [1.29, 1.82) is 0 Å². The Hall–Kier alpha value is -2.43. The van der Waals surface area contributed by atoms with Crippen LogP contribution in [0.4, 0.5) is 0 Å². The summed E-state index contributed by atoms with van der Waals surface area (Å²) in [5.74, 6) is 0.701. The summed E-state index contributed by atoms with van der Waals surface area (Å²) >= 11 is 0. The van der Waals surface area contributed by atoms with E-state index >= 15 is 0 Å². The highest BCUT2D eigenvalue weighted by molar-refractivity contribution is 5.99. The minimum atomic E-state index is -0.0546. The molecule has 1 aromatic carbocycles. The molecule has 1 aliphatic carbocycles. The zero-order valence-corrected chi connectivity index (χ0v) is 15.1. The average molecular weight is 339 g/mol. The number of carbonyl (C=O) groups is 2. The van der Waals surface area contributed by atoms with Gasteiger partial charge in [-0.25, -0.2) is 4.68 Å². The van der Waals surface area contributed by atoms with E-state index < -0.39 is 0 Å². The van der Waals surface area contributed by atoms with Crippen molar-refractivity contribution in [3.8, 4) is 5.69 Å². The molecule has 25 heavy (non-hydrogen) atoms. The van der Waals surface area contributed by atoms with Crippen molar-refractivity contribution in [1.82, 2.24) is 15.1 Å². The van der Waals surface area contributed by atoms with Crippen LogP contribution >= 0.6 is 0 Å². The molecular weight excluding hydrogens is 314 g/mol. The van der Waals surface area contributed by atoms with Gasteiger partial charge in [0.1, 0.15) is 0 Å². The first kappa shape index (κ1) is 17.4. The Labute approximate surface area is 148 Å². The van der Waals surface area contributed by atoms with Crippen LogP contribution in [-0.4, -0.2) is 28.0 Å². The van der Waals surface area contributed by atoms with Gasteiger partial charge in [0.15, 0.2) is 5.78 Å². The Balaban J connectivity index is 1.78. The number of nitrogens with zero attached hydrogens (tertiary/aromatic N) is 2. The number of aromatic nitrogens is 2. The van der Waals surface area contributed by atoms with Crippen molar-refractivity contribution >= 4 is 11.7 Å². The molecule has 0 saturated carbocycles. The predicted molar refractivity (Wildman–Crippen MR) is 97.4 cm³/mol. The minimum absolute atomic E-state index is 0.0546. The first-order valence-corrected chi connectivity index (χ1v) is 8.97. The van der Waals surface area contributed by atoms with Gasteiger partial charge in [0.25, 0.3) is 5.91 Å². The Morgan fingerprint density at radius 1 is 1.24 bits per heavy atom. The third kappa shape index (κ3) is 3.65. The zero-order chi connectivity index (χ0) is 18.0. The number of hydrogen-bond acceptors (Lipinski definition) is 3. The van der Waals surface area contributed by atoms with Crippen molar-refractivity contribution < 1.29 is 9.59 Å². The van der Waals surface area contributed by atoms with Gasteiger partial charge in [-0.15, -0.1) is 0 Å². The van der Waals surface area contributed by atoms with E-state index in [-0.39, 0.29) is 11.7 Å². The lowest BCUT2D eigenvalue weighted by Gasteiger charge is -2.13. The molecule has 0 bridgehead atoms. The first-order chi connectivity index (χ1) is 12.0. The second-order valence-electron chi connectivity index (χ2n) is 7.08. The molecule has 0 fully saturated rings. The molecule has 3 rings (SSSR count). The molecule has 1 aromatic heterocycles. The monoisotopic (exact) mass is 339 g/mol. The van der Waals surface area contributed by atoms with Gasteiger partial charge >= 0.3 is 0 Å². The molecule has 5 nitrogen and oxygen atoms in total. The Morgan fingerprint density at radius 3 is 2.64 bits per heavy atom. The van der Waals surface area contributed by atoms with Crippen LogP contribution < -0.4 is 5.32 Å². The molecule has 1 N–H and O–H groups in total. The van der Waals surface area contributed by atoms with Crippen LogP contribution in [0.3, 0.4) is 0 Å². The normalized spacial score (nSPS) is 13.8. The number of nitrogens with one attached hydrogen (secondary N) is 1. The van der Waals surface area contributed by atoms with E-state index in [9.17, 15) is 9.59 Å². The number of rotatable bonds is 5. The van der Waals surface area contributed by atoms with Gasteiger partial charge in [-0.05, 0) is 56.4 Å². The number of fused-ring (bicyclic) bond motifs is 1. The average Bonchev–Trinajstić information content (AvgIpc) is 2.93. The van der Waals surface area contributed by atoms with Crippen molar-refractivity contribution in [2.45, 2.75) is 46.5 Å². The molecule has 5 heteroatoms. The first-order valence-electron chi connectivity index (χ1n) is 8.97. The number of aryl methyl sites for hydroxylation is 1. The third-order valence-corrected chi connectivity index (χ3v) is 4.63. The maximum absolute atomic E-state index is 12.2. The molecule has 0 radical (unpaired) electrons. The largest absolute Gasteiger partial charge is 0.352 e. The van der Waals surface area contributed by atoms with Gasteiger partial charge in [-0.2, -0.15) is 5.10 Å². The van der Waals surface area contributed by atoms with Crippen molar-refractivity contribution in [2.24, 2.45) is 5.92 Å². The molecule has 0 spiro atoms. The van der Waals surface area contributed by atoms with E-state index in [0.717, 1.165) is 41.9 Å². The van der Waals surface area contributed by atoms with Crippen molar-refractivity contribution in [3.05, 3.63) is 46.8 Å². The van der Waals surface area contributed by atoms with Gasteiger partial charge in [0.2, 0.25) is 0 Å². The fourth-order valence-electron chi connectivity index (χ4n) is 3.25. The third-order valence-electron chi connectivity index (χ3n) is 4.63. The quantitative estimate of drug-likeness (QED) is 0.907. The lowest BCUT2D eigenvalue weighted by molar-refractivity contribution is 0.0949. The van der Waals surface area contributed by atoms with E-state index in [0.29, 0.717) is 24.4 Å². The molecule has 0 saturated heterocycles. The van der Waals surface area contributed by atoms with Crippen LogP contribution in [0.1, 0.15) is 65.2 Å². The smallest absolute Gasteiger partial charge is 0.251 e. The van der Waals surface area contributed by atoms with Crippen LogP contribution in [0.25, 0.3) is 5.69 Å². The van der Waals surface area contributed by atoms with E-state index in [1.807, 2.05) is 35.9 Å². The van der Waals surface area contributed by atoms with Crippen molar-refractivity contribution in [2.75, 3.05) is 6.54 Å². The fourth-order valence-corrected chi connectivity index (χ4v) is 3.25. The number of ketones is 1. The van der Waals surface area contributed by atoms with Gasteiger partial charge in [0.05, 0.1) is 22.6 Å². The number of hydrogen-bond donors (Lipinski definition) is 1. The zero-order valence-electron chi connectivity index (χ0n) is 15.1. The SMILES string of the molecule is Cc1nn(-c2ccc(C(=O)NCCC(C)C)cc2)c2c1C(=O)CCC2. The fraction of sp³-hybridized carbons (Fsp3) is 0.450. The van der Waals surface area contributed by atoms with Gasteiger partial charge < -0.3 is 5.32 Å². The summed E-state index contributed by atoms with van der Waals surface area (Å²) in [4.78, 5) is 24.3. The summed E-state index contributed by atoms with van der Waals surface area (Å²) in [7, 11) is 0. The number of Topliss-reactive ketones (excluding diaryl/α,β-unsaturated/α-hetero) is 1. The van der Waals surface area contributed by atoms with Crippen LogP contribution in [0, 0.1) is 12.8 Å². The molecule has 0 aliphatic heterocycles. The van der Waals surface area contributed by atoms with Crippen molar-refractivity contribution in [3.63, 3.8) is 0 Å². The second kappa shape index (κ2) is 7.21. The maximum atomic E-state index is 12.2. The second-order valence-corrected chi connectivity index (χ2v) is 7.08. The molecule has 2 aromatic rings. The number of benzene rings is 1. The lowest BCUT2D eigenvalue weighted by atomic mass is 9.94. The molecule has 132 valence electrons. The predicted octanol–water partition coefficient (Wildman–Crippen LogP) is 3.48. The van der Waals surface area contributed by atoms with E-state index in [2.05, 4.69) is 24.3 Å². The van der Waals surface area contributed by atoms with E-state index in [1.165, 1.54) is 0 Å².